The summed E-state index contributed by atoms with van der Waals surface area (Å²) < 4.78 is 17.3. The van der Waals surface area contributed by atoms with Crippen LogP contribution in [0.5, 0.6) is 0 Å². The molecule has 0 saturated carbocycles. The van der Waals surface area contributed by atoms with Gasteiger partial charge in [-0.05, 0) is 77.8 Å². The van der Waals surface area contributed by atoms with Crippen molar-refractivity contribution in [2.45, 2.75) is 72.3 Å². The smallest absolute Gasteiger partial charge is 0.416 e. The molecule has 1 unspecified atom stereocenters. The molecule has 0 radical (unpaired) electrons. The number of carbonyl (C=O) groups excluding carboxylic acids is 1. The number of hydrogen-bond donors (Lipinski definition) is 1. The van der Waals surface area contributed by atoms with Crippen molar-refractivity contribution in [3.05, 3.63) is 47.5 Å². The van der Waals surface area contributed by atoms with E-state index in [1.165, 1.54) is 10.5 Å². The lowest BCUT2D eigenvalue weighted by Gasteiger charge is -2.31. The number of anilines is 2. The first-order valence-electron chi connectivity index (χ1n) is 11.7. The number of hydrogen-bond acceptors (Lipinski definition) is 9. The molecule has 0 spiro atoms. The Hall–Kier alpha value is -3.53. The summed E-state index contributed by atoms with van der Waals surface area (Å²) in [6, 6.07) is 7.01. The molecule has 1 aliphatic heterocycles. The number of aromatic nitrogens is 4. The van der Waals surface area contributed by atoms with Gasteiger partial charge in [0.05, 0.1) is 11.7 Å². The van der Waals surface area contributed by atoms with Crippen LogP contribution in [0.15, 0.2) is 34.9 Å². The Morgan fingerprint density at radius 1 is 1.14 bits per heavy atom. The van der Waals surface area contributed by atoms with Crippen molar-refractivity contribution in [1.29, 1.82) is 0 Å². The van der Waals surface area contributed by atoms with E-state index < -0.39 is 6.09 Å². The highest BCUT2D eigenvalue weighted by Gasteiger charge is 2.40. The first kappa shape index (κ1) is 24.6. The summed E-state index contributed by atoms with van der Waals surface area (Å²) in [6.45, 7) is 14.0. The number of carbonyl (C=O) groups is 1. The van der Waals surface area contributed by atoms with Gasteiger partial charge < -0.3 is 19.2 Å². The third kappa shape index (κ3) is 5.59. The molecule has 35 heavy (non-hydrogen) atoms. The normalized spacial score (nSPS) is 17.9. The molecule has 3 atom stereocenters. The fourth-order valence-corrected chi connectivity index (χ4v) is 3.89. The van der Waals surface area contributed by atoms with Crippen molar-refractivity contribution in [2.24, 2.45) is 0 Å². The zero-order valence-corrected chi connectivity index (χ0v) is 21.2. The van der Waals surface area contributed by atoms with Gasteiger partial charge in [-0.15, -0.1) is 10.2 Å². The van der Waals surface area contributed by atoms with Crippen molar-refractivity contribution < 1.29 is 18.7 Å². The molecule has 1 fully saturated rings. The molecular formula is C25H32N6O4. The molecule has 186 valence electrons. The summed E-state index contributed by atoms with van der Waals surface area (Å²) in [5.41, 5.74) is 2.86. The van der Waals surface area contributed by atoms with Crippen molar-refractivity contribution in [1.82, 2.24) is 20.2 Å². The Kier molecular flexibility index (Phi) is 6.75. The van der Waals surface area contributed by atoms with Gasteiger partial charge in [0.1, 0.15) is 24.5 Å². The Labute approximate surface area is 205 Å². The van der Waals surface area contributed by atoms with Crippen LogP contribution in [-0.2, 0) is 9.47 Å². The first-order valence-corrected chi connectivity index (χ1v) is 11.7. The van der Waals surface area contributed by atoms with Crippen LogP contribution in [0.1, 0.15) is 57.7 Å². The molecule has 0 aliphatic carbocycles. The second-order valence-electron chi connectivity index (χ2n) is 9.80. The van der Waals surface area contributed by atoms with Crippen LogP contribution < -0.4 is 10.2 Å². The summed E-state index contributed by atoms with van der Waals surface area (Å²) in [6.07, 6.45) is 0.866. The molecule has 3 aromatic rings. The molecule has 10 heteroatoms. The van der Waals surface area contributed by atoms with Gasteiger partial charge in [-0.25, -0.2) is 9.78 Å². The molecule has 1 saturated heterocycles. The van der Waals surface area contributed by atoms with E-state index in [0.717, 1.165) is 11.1 Å². The number of benzene rings is 1. The minimum Gasteiger partial charge on any atom is -0.447 e. The van der Waals surface area contributed by atoms with Crippen LogP contribution in [0.4, 0.5) is 16.6 Å². The van der Waals surface area contributed by atoms with Gasteiger partial charge in [0.25, 0.3) is 0 Å². The van der Waals surface area contributed by atoms with Gasteiger partial charge in [-0.2, -0.15) is 4.98 Å². The largest absolute Gasteiger partial charge is 0.447 e. The summed E-state index contributed by atoms with van der Waals surface area (Å²) in [5.74, 6) is 1.59. The SMILES string of the molecule is Cc1ccc(-c2nnc(C(C)Nc3nccc(N4C(=O)OC[C@@H]4[C@@H](C)OC(C)(C)C)n3)o2)cc1C. The van der Waals surface area contributed by atoms with E-state index in [9.17, 15) is 4.79 Å². The minimum atomic E-state index is -0.466. The third-order valence-electron chi connectivity index (χ3n) is 5.79. The van der Waals surface area contributed by atoms with E-state index in [-0.39, 0.29) is 30.4 Å². The number of aryl methyl sites for hydroxylation is 2. The van der Waals surface area contributed by atoms with E-state index in [4.69, 9.17) is 13.9 Å². The Morgan fingerprint density at radius 2 is 1.91 bits per heavy atom. The van der Waals surface area contributed by atoms with Gasteiger partial charge in [0.15, 0.2) is 0 Å². The van der Waals surface area contributed by atoms with Gasteiger partial charge >= 0.3 is 6.09 Å². The maximum atomic E-state index is 12.5. The van der Waals surface area contributed by atoms with Crippen LogP contribution in [0.25, 0.3) is 11.5 Å². The van der Waals surface area contributed by atoms with Crippen molar-refractivity contribution in [3.63, 3.8) is 0 Å². The summed E-state index contributed by atoms with van der Waals surface area (Å²) in [4.78, 5) is 22.9. The van der Waals surface area contributed by atoms with E-state index in [1.54, 1.807) is 12.3 Å². The average molecular weight is 481 g/mol. The lowest BCUT2D eigenvalue weighted by atomic mass is 10.1. The summed E-state index contributed by atoms with van der Waals surface area (Å²) in [7, 11) is 0. The van der Waals surface area contributed by atoms with Crippen molar-refractivity contribution >= 4 is 17.9 Å². The van der Waals surface area contributed by atoms with E-state index in [2.05, 4.69) is 32.4 Å². The second-order valence-corrected chi connectivity index (χ2v) is 9.80. The summed E-state index contributed by atoms with van der Waals surface area (Å²) >= 11 is 0. The van der Waals surface area contributed by atoms with Crippen molar-refractivity contribution in [3.8, 4) is 11.5 Å². The highest BCUT2D eigenvalue weighted by molar-refractivity contribution is 5.89. The molecule has 1 aliphatic rings. The van der Waals surface area contributed by atoms with E-state index in [0.29, 0.717) is 23.5 Å². The number of ether oxygens (including phenoxy) is 2. The molecular weight excluding hydrogens is 448 g/mol. The monoisotopic (exact) mass is 480 g/mol. The van der Waals surface area contributed by atoms with Crippen LogP contribution in [0.3, 0.4) is 0 Å². The quantitative estimate of drug-likeness (QED) is 0.507. The molecule has 1 aromatic carbocycles. The summed E-state index contributed by atoms with van der Waals surface area (Å²) in [5, 5.41) is 11.6. The molecule has 3 heterocycles. The molecule has 2 aromatic heterocycles. The van der Waals surface area contributed by atoms with E-state index in [1.807, 2.05) is 59.7 Å². The number of nitrogens with one attached hydrogen (secondary N) is 1. The second kappa shape index (κ2) is 9.61. The van der Waals surface area contributed by atoms with Gasteiger partial charge in [0, 0.05) is 11.8 Å². The minimum absolute atomic E-state index is 0.225. The zero-order valence-electron chi connectivity index (χ0n) is 21.2. The predicted molar refractivity (Wildman–Crippen MR) is 131 cm³/mol. The highest BCUT2D eigenvalue weighted by Crippen LogP contribution is 2.28. The van der Waals surface area contributed by atoms with Crippen molar-refractivity contribution in [2.75, 3.05) is 16.8 Å². The van der Waals surface area contributed by atoms with Crippen LogP contribution in [0.2, 0.25) is 0 Å². The number of rotatable bonds is 7. The maximum absolute atomic E-state index is 12.5. The maximum Gasteiger partial charge on any atom is 0.416 e. The average Bonchev–Trinajstić information content (AvgIpc) is 3.42. The number of amides is 1. The predicted octanol–water partition coefficient (Wildman–Crippen LogP) is 4.85. The number of nitrogens with zero attached hydrogens (tertiary/aromatic N) is 5. The molecule has 1 amide bonds. The zero-order chi connectivity index (χ0) is 25.3. The first-order chi connectivity index (χ1) is 16.5. The Morgan fingerprint density at radius 3 is 2.63 bits per heavy atom. The number of cyclic esters (lactones) is 1. The third-order valence-corrected chi connectivity index (χ3v) is 5.79. The molecule has 10 nitrogen and oxygen atoms in total. The highest BCUT2D eigenvalue weighted by atomic mass is 16.6. The van der Waals surface area contributed by atoms with Gasteiger partial charge in [-0.3, -0.25) is 4.90 Å². The standard InChI is InChI=1S/C25H32N6O4/c1-14-8-9-18(12-15(14)2)22-30-29-21(34-22)16(3)27-23-26-11-10-20(28-23)31-19(13-33-24(31)32)17(4)35-25(5,6)7/h8-12,16-17,19H,13H2,1-7H3,(H,26,27,28)/t16?,17-,19-/m1/s1. The fourth-order valence-electron chi connectivity index (χ4n) is 3.89. The van der Waals surface area contributed by atoms with Gasteiger partial charge in [-0.1, -0.05) is 6.07 Å². The van der Waals surface area contributed by atoms with E-state index >= 15 is 0 Å². The fraction of sp³-hybridized carbons (Fsp3) is 0.480. The Bertz CT molecular complexity index is 1200. The Balaban J connectivity index is 1.50. The van der Waals surface area contributed by atoms with Crippen LogP contribution in [-0.4, -0.2) is 50.6 Å². The lowest BCUT2D eigenvalue weighted by Crippen LogP contribution is -2.45. The molecule has 1 N–H and O–H groups in total. The van der Waals surface area contributed by atoms with Crippen LogP contribution >= 0.6 is 0 Å². The van der Waals surface area contributed by atoms with Crippen LogP contribution in [0, 0.1) is 13.8 Å². The topological polar surface area (TPSA) is 116 Å². The molecule has 4 rings (SSSR count). The molecule has 0 bridgehead atoms. The van der Waals surface area contributed by atoms with Gasteiger partial charge in [0.2, 0.25) is 17.7 Å². The lowest BCUT2D eigenvalue weighted by molar-refractivity contribution is -0.0618.